The minimum atomic E-state index is -0.273. The Bertz CT molecular complexity index is 209. The predicted molar refractivity (Wildman–Crippen MR) is 65.0 cm³/mol. The zero-order valence-electron chi connectivity index (χ0n) is 9.58. The van der Waals surface area contributed by atoms with E-state index in [4.69, 9.17) is 0 Å². The molecule has 3 heteroatoms. The minimum Gasteiger partial charge on any atom is -0.306 e. The average molecular weight is 215 g/mol. The van der Waals surface area contributed by atoms with Crippen LogP contribution in [0, 0.1) is 5.41 Å². The first kappa shape index (κ1) is 13.7. The van der Waals surface area contributed by atoms with E-state index in [9.17, 15) is 4.79 Å². The van der Waals surface area contributed by atoms with E-state index in [-0.39, 0.29) is 11.2 Å². The molecule has 0 radical (unpaired) electrons. The molecular weight excluding hydrogens is 194 g/mol. The van der Waals surface area contributed by atoms with E-state index >= 15 is 0 Å². The fourth-order valence-electron chi connectivity index (χ4n) is 0.999. The van der Waals surface area contributed by atoms with Gasteiger partial charge in [0.05, 0.1) is 0 Å². The van der Waals surface area contributed by atoms with Crippen molar-refractivity contribution in [2.75, 3.05) is 26.4 Å². The molecule has 0 aliphatic heterocycles. The largest absolute Gasteiger partial charge is 0.306 e. The van der Waals surface area contributed by atoms with Gasteiger partial charge in [-0.25, -0.2) is 0 Å². The summed E-state index contributed by atoms with van der Waals surface area (Å²) in [7, 11) is 3.96. The molecule has 0 aromatic rings. The Balaban J connectivity index is 4.12. The summed E-state index contributed by atoms with van der Waals surface area (Å²) < 4.78 is 0. The highest BCUT2D eigenvalue weighted by atomic mass is 32.1. The van der Waals surface area contributed by atoms with Crippen molar-refractivity contribution in [1.82, 2.24) is 4.90 Å². The van der Waals surface area contributed by atoms with Crippen molar-refractivity contribution < 1.29 is 4.79 Å². The van der Waals surface area contributed by atoms with Crippen LogP contribution in [-0.4, -0.2) is 37.1 Å². The normalized spacial score (nSPS) is 12.7. The molecule has 0 aromatic heterocycles. The Labute approximate surface area is 92.8 Å². The van der Waals surface area contributed by atoms with Gasteiger partial charge in [0.15, 0.2) is 5.78 Å². The first-order chi connectivity index (χ1) is 6.40. The molecule has 0 N–H and O–H groups in total. The number of carbonyl (C=O) groups excluding carboxylic acids is 1. The molecule has 0 aliphatic rings. The average Bonchev–Trinajstić information content (AvgIpc) is 2.03. The zero-order chi connectivity index (χ0) is 11.2. The van der Waals surface area contributed by atoms with Crippen LogP contribution in [0.3, 0.4) is 0 Å². The summed E-state index contributed by atoms with van der Waals surface area (Å²) in [5, 5.41) is 0. The number of nitrogens with zero attached hydrogens (tertiary/aromatic N) is 1. The van der Waals surface area contributed by atoms with Gasteiger partial charge in [-0.2, -0.15) is 12.6 Å². The molecule has 0 amide bonds. The van der Waals surface area contributed by atoms with Gasteiger partial charge in [0.2, 0.25) is 0 Å². The number of thiol groups is 1. The van der Waals surface area contributed by atoms with Crippen LogP contribution in [0.4, 0.5) is 0 Å². The third-order valence-electron chi connectivity index (χ3n) is 2.14. The number of ketones is 1. The minimum absolute atomic E-state index is 0.188. The predicted octanol–water partition coefficient (Wildman–Crippen LogP) is 2.02. The molecule has 14 heavy (non-hydrogen) atoms. The van der Waals surface area contributed by atoms with E-state index in [1.807, 2.05) is 38.9 Å². The quantitative estimate of drug-likeness (QED) is 0.540. The standard InChI is InChI=1S/C11H21NOS/c1-11(2,7-9-14)10(13)6-5-8-12(3)4/h5-6,14H,7-9H2,1-4H3/b6-5+. The van der Waals surface area contributed by atoms with Crippen LogP contribution in [0.2, 0.25) is 0 Å². The monoisotopic (exact) mass is 215 g/mol. The Hall–Kier alpha value is -0.280. The fraction of sp³-hybridized carbons (Fsp3) is 0.727. The van der Waals surface area contributed by atoms with Gasteiger partial charge in [0.25, 0.3) is 0 Å². The molecule has 0 fully saturated rings. The number of carbonyl (C=O) groups is 1. The van der Waals surface area contributed by atoms with Crippen molar-refractivity contribution in [1.29, 1.82) is 0 Å². The molecule has 0 spiro atoms. The number of allylic oxidation sites excluding steroid dienone is 1. The van der Waals surface area contributed by atoms with Crippen LogP contribution < -0.4 is 0 Å². The highest BCUT2D eigenvalue weighted by Gasteiger charge is 2.23. The Kier molecular flexibility index (Phi) is 6.12. The number of hydrogen-bond acceptors (Lipinski definition) is 3. The molecular formula is C11H21NOS. The van der Waals surface area contributed by atoms with E-state index in [0.29, 0.717) is 0 Å². The topological polar surface area (TPSA) is 20.3 Å². The van der Waals surface area contributed by atoms with Crippen LogP contribution in [0.1, 0.15) is 20.3 Å². The van der Waals surface area contributed by atoms with Gasteiger partial charge < -0.3 is 4.90 Å². The smallest absolute Gasteiger partial charge is 0.161 e. The Morgan fingerprint density at radius 2 is 2.00 bits per heavy atom. The SMILES string of the molecule is CN(C)C/C=C/C(=O)C(C)(C)CCS. The van der Waals surface area contributed by atoms with Gasteiger partial charge in [0.1, 0.15) is 0 Å². The van der Waals surface area contributed by atoms with E-state index in [0.717, 1.165) is 18.7 Å². The summed E-state index contributed by atoms with van der Waals surface area (Å²) in [6.45, 7) is 4.74. The number of rotatable bonds is 6. The van der Waals surface area contributed by atoms with E-state index in [1.54, 1.807) is 6.08 Å². The summed E-state index contributed by atoms with van der Waals surface area (Å²) in [5.41, 5.74) is -0.273. The van der Waals surface area contributed by atoms with Gasteiger partial charge in [-0.05, 0) is 32.3 Å². The summed E-state index contributed by atoms with van der Waals surface area (Å²) in [4.78, 5) is 13.7. The van der Waals surface area contributed by atoms with Gasteiger partial charge in [0, 0.05) is 12.0 Å². The summed E-state index contributed by atoms with van der Waals surface area (Å²) in [6.07, 6.45) is 4.41. The first-order valence-corrected chi connectivity index (χ1v) is 5.50. The highest BCUT2D eigenvalue weighted by Crippen LogP contribution is 2.22. The van der Waals surface area contributed by atoms with Crippen molar-refractivity contribution in [2.45, 2.75) is 20.3 Å². The molecule has 0 aromatic carbocycles. The zero-order valence-corrected chi connectivity index (χ0v) is 10.5. The lowest BCUT2D eigenvalue weighted by molar-refractivity contribution is -0.122. The molecule has 0 unspecified atom stereocenters. The van der Waals surface area contributed by atoms with E-state index in [1.165, 1.54) is 0 Å². The van der Waals surface area contributed by atoms with E-state index in [2.05, 4.69) is 12.6 Å². The van der Waals surface area contributed by atoms with Crippen LogP contribution >= 0.6 is 12.6 Å². The lowest BCUT2D eigenvalue weighted by Crippen LogP contribution is -2.23. The first-order valence-electron chi connectivity index (χ1n) is 4.86. The lowest BCUT2D eigenvalue weighted by atomic mass is 9.85. The Morgan fingerprint density at radius 3 is 2.43 bits per heavy atom. The summed E-state index contributed by atoms with van der Waals surface area (Å²) >= 11 is 4.15. The second-order valence-corrected chi connectivity index (χ2v) is 4.83. The lowest BCUT2D eigenvalue weighted by Gasteiger charge is -2.19. The van der Waals surface area contributed by atoms with Crippen molar-refractivity contribution in [3.63, 3.8) is 0 Å². The van der Waals surface area contributed by atoms with Gasteiger partial charge >= 0.3 is 0 Å². The van der Waals surface area contributed by atoms with Crippen LogP contribution in [0.15, 0.2) is 12.2 Å². The summed E-state index contributed by atoms with van der Waals surface area (Å²) in [5.74, 6) is 0.939. The second kappa shape index (κ2) is 6.25. The van der Waals surface area contributed by atoms with Crippen LogP contribution in [-0.2, 0) is 4.79 Å². The third kappa shape index (κ3) is 5.45. The second-order valence-electron chi connectivity index (χ2n) is 4.39. The third-order valence-corrected chi connectivity index (χ3v) is 2.37. The maximum Gasteiger partial charge on any atom is 0.161 e. The number of likely N-dealkylation sites (N-methyl/N-ethyl adjacent to an activating group) is 1. The molecule has 0 rings (SSSR count). The molecule has 0 bridgehead atoms. The summed E-state index contributed by atoms with van der Waals surface area (Å²) in [6, 6.07) is 0. The molecule has 0 aliphatic carbocycles. The van der Waals surface area contributed by atoms with Crippen molar-refractivity contribution >= 4 is 18.4 Å². The van der Waals surface area contributed by atoms with Gasteiger partial charge in [-0.1, -0.05) is 19.9 Å². The molecule has 0 atom stereocenters. The fourth-order valence-corrected chi connectivity index (χ4v) is 1.56. The van der Waals surface area contributed by atoms with Crippen LogP contribution in [0.25, 0.3) is 0 Å². The molecule has 82 valence electrons. The Morgan fingerprint density at radius 1 is 1.43 bits per heavy atom. The highest BCUT2D eigenvalue weighted by molar-refractivity contribution is 7.80. The molecule has 0 saturated heterocycles. The van der Waals surface area contributed by atoms with E-state index < -0.39 is 0 Å². The molecule has 2 nitrogen and oxygen atoms in total. The maximum absolute atomic E-state index is 11.7. The van der Waals surface area contributed by atoms with Gasteiger partial charge in [-0.3, -0.25) is 4.79 Å². The maximum atomic E-state index is 11.7. The molecule has 0 saturated carbocycles. The van der Waals surface area contributed by atoms with Crippen molar-refractivity contribution in [2.24, 2.45) is 5.41 Å². The van der Waals surface area contributed by atoms with Crippen molar-refractivity contribution in [3.8, 4) is 0 Å². The van der Waals surface area contributed by atoms with Crippen LogP contribution in [0.5, 0.6) is 0 Å². The molecule has 0 heterocycles. The van der Waals surface area contributed by atoms with Crippen molar-refractivity contribution in [3.05, 3.63) is 12.2 Å². The number of hydrogen-bond donors (Lipinski definition) is 1. The van der Waals surface area contributed by atoms with Gasteiger partial charge in [-0.15, -0.1) is 0 Å².